The summed E-state index contributed by atoms with van der Waals surface area (Å²) in [7, 11) is 4.55. The maximum absolute atomic E-state index is 12.4. The molecule has 7 nitrogen and oxygen atoms in total. The molecule has 0 unspecified atom stereocenters. The highest BCUT2D eigenvalue weighted by atomic mass is 16.5. The Labute approximate surface area is 162 Å². The monoisotopic (exact) mass is 380 g/mol. The highest BCUT2D eigenvalue weighted by Gasteiger charge is 2.14. The Morgan fingerprint density at radius 2 is 1.68 bits per heavy atom. The number of aromatic hydroxyl groups is 1. The summed E-state index contributed by atoms with van der Waals surface area (Å²) in [5, 5.41) is 15.8. The number of nitrogens with zero attached hydrogens (tertiary/aromatic N) is 1. The van der Waals surface area contributed by atoms with Gasteiger partial charge in [0.15, 0.2) is 11.5 Å². The van der Waals surface area contributed by atoms with Gasteiger partial charge in [0, 0.05) is 10.9 Å². The van der Waals surface area contributed by atoms with Crippen LogP contribution in [0, 0.1) is 0 Å². The van der Waals surface area contributed by atoms with E-state index in [-0.39, 0.29) is 11.3 Å². The number of carbonyl (C=O) groups is 1. The SMILES string of the molecule is COc1cc(C=NNC(=O)c2ccc3ccccc3c2O)cc(OC)c1OC. The topological polar surface area (TPSA) is 89.4 Å². The van der Waals surface area contributed by atoms with Gasteiger partial charge in [-0.3, -0.25) is 4.79 Å². The van der Waals surface area contributed by atoms with E-state index in [1.807, 2.05) is 12.1 Å². The van der Waals surface area contributed by atoms with Gasteiger partial charge >= 0.3 is 0 Å². The summed E-state index contributed by atoms with van der Waals surface area (Å²) in [6.07, 6.45) is 1.44. The summed E-state index contributed by atoms with van der Waals surface area (Å²) in [4.78, 5) is 12.4. The molecule has 0 saturated heterocycles. The number of methoxy groups -OCH3 is 3. The molecule has 0 aliphatic carbocycles. The standard InChI is InChI=1S/C21H20N2O5/c1-26-17-10-13(11-18(27-2)20(17)28-3)12-22-23-21(25)16-9-8-14-6-4-5-7-15(14)19(16)24/h4-12,24H,1-3H3,(H,23,25). The minimum Gasteiger partial charge on any atom is -0.506 e. The van der Waals surface area contributed by atoms with Gasteiger partial charge in [0.1, 0.15) is 5.75 Å². The van der Waals surface area contributed by atoms with Crippen LogP contribution in [0.15, 0.2) is 53.6 Å². The van der Waals surface area contributed by atoms with E-state index in [1.54, 1.807) is 36.4 Å². The Hall–Kier alpha value is -3.74. The summed E-state index contributed by atoms with van der Waals surface area (Å²) >= 11 is 0. The normalized spacial score (nSPS) is 10.8. The van der Waals surface area contributed by atoms with Gasteiger partial charge in [0.25, 0.3) is 5.91 Å². The fraction of sp³-hybridized carbons (Fsp3) is 0.143. The van der Waals surface area contributed by atoms with E-state index in [0.29, 0.717) is 28.2 Å². The number of rotatable bonds is 6. The molecule has 0 aliphatic heterocycles. The van der Waals surface area contributed by atoms with Crippen molar-refractivity contribution in [2.24, 2.45) is 5.10 Å². The first-order valence-electron chi connectivity index (χ1n) is 8.43. The number of hydrogen-bond donors (Lipinski definition) is 2. The largest absolute Gasteiger partial charge is 0.506 e. The summed E-state index contributed by atoms with van der Waals surface area (Å²) < 4.78 is 15.8. The van der Waals surface area contributed by atoms with E-state index in [1.165, 1.54) is 27.5 Å². The zero-order valence-corrected chi connectivity index (χ0v) is 15.7. The molecule has 0 radical (unpaired) electrons. The van der Waals surface area contributed by atoms with E-state index in [9.17, 15) is 9.90 Å². The smallest absolute Gasteiger partial charge is 0.275 e. The fourth-order valence-electron chi connectivity index (χ4n) is 2.84. The van der Waals surface area contributed by atoms with Crippen LogP contribution in [0.2, 0.25) is 0 Å². The molecule has 144 valence electrons. The van der Waals surface area contributed by atoms with Crippen molar-refractivity contribution in [1.29, 1.82) is 0 Å². The molecule has 1 amide bonds. The van der Waals surface area contributed by atoms with Crippen molar-refractivity contribution in [2.45, 2.75) is 0 Å². The molecular formula is C21H20N2O5. The van der Waals surface area contributed by atoms with Crippen molar-refractivity contribution in [2.75, 3.05) is 21.3 Å². The van der Waals surface area contributed by atoms with Crippen molar-refractivity contribution in [1.82, 2.24) is 5.43 Å². The Kier molecular flexibility index (Phi) is 5.64. The average Bonchev–Trinajstić information content (AvgIpc) is 2.73. The third kappa shape index (κ3) is 3.68. The number of fused-ring (bicyclic) bond motifs is 1. The van der Waals surface area contributed by atoms with Crippen LogP contribution in [0.1, 0.15) is 15.9 Å². The van der Waals surface area contributed by atoms with Crippen LogP contribution < -0.4 is 19.6 Å². The molecule has 0 atom stereocenters. The van der Waals surface area contributed by atoms with Crippen LogP contribution in [0.5, 0.6) is 23.0 Å². The first kappa shape index (κ1) is 19.0. The molecule has 0 aromatic heterocycles. The number of amides is 1. The number of hydrogen-bond acceptors (Lipinski definition) is 6. The van der Waals surface area contributed by atoms with Crippen LogP contribution in [-0.4, -0.2) is 38.6 Å². The maximum atomic E-state index is 12.4. The van der Waals surface area contributed by atoms with Crippen molar-refractivity contribution >= 4 is 22.9 Å². The number of benzene rings is 3. The lowest BCUT2D eigenvalue weighted by atomic mass is 10.1. The Morgan fingerprint density at radius 3 is 2.32 bits per heavy atom. The second kappa shape index (κ2) is 8.30. The molecule has 0 spiro atoms. The average molecular weight is 380 g/mol. The van der Waals surface area contributed by atoms with Crippen molar-refractivity contribution < 1.29 is 24.1 Å². The molecule has 2 N–H and O–H groups in total. The molecular weight excluding hydrogens is 360 g/mol. The third-order valence-electron chi connectivity index (χ3n) is 4.21. The molecule has 0 saturated carbocycles. The molecule has 0 bridgehead atoms. The lowest BCUT2D eigenvalue weighted by Crippen LogP contribution is -2.17. The van der Waals surface area contributed by atoms with E-state index in [4.69, 9.17) is 14.2 Å². The lowest BCUT2D eigenvalue weighted by molar-refractivity contribution is 0.0952. The molecule has 7 heteroatoms. The Balaban J connectivity index is 1.81. The second-order valence-electron chi connectivity index (χ2n) is 5.84. The van der Waals surface area contributed by atoms with Crippen LogP contribution >= 0.6 is 0 Å². The molecule has 0 heterocycles. The molecule has 28 heavy (non-hydrogen) atoms. The number of carbonyl (C=O) groups excluding carboxylic acids is 1. The highest BCUT2D eigenvalue weighted by molar-refractivity contribution is 6.03. The van der Waals surface area contributed by atoms with E-state index in [0.717, 1.165) is 5.39 Å². The van der Waals surface area contributed by atoms with Crippen molar-refractivity contribution in [3.05, 3.63) is 59.7 Å². The number of phenols is 1. The zero-order valence-electron chi connectivity index (χ0n) is 15.7. The predicted molar refractivity (Wildman–Crippen MR) is 107 cm³/mol. The minimum absolute atomic E-state index is 0.0846. The molecule has 0 fully saturated rings. The number of phenolic OH excluding ortho intramolecular Hbond substituents is 1. The van der Waals surface area contributed by atoms with Crippen molar-refractivity contribution in [3.8, 4) is 23.0 Å². The molecule has 0 aliphatic rings. The summed E-state index contributed by atoms with van der Waals surface area (Å²) in [6.45, 7) is 0. The predicted octanol–water partition coefficient (Wildman–Crippen LogP) is 3.34. The van der Waals surface area contributed by atoms with E-state index >= 15 is 0 Å². The van der Waals surface area contributed by atoms with Gasteiger partial charge in [-0.15, -0.1) is 0 Å². The first-order chi connectivity index (χ1) is 13.6. The van der Waals surface area contributed by atoms with E-state index in [2.05, 4.69) is 10.5 Å². The Bertz CT molecular complexity index is 1020. The number of nitrogens with one attached hydrogen (secondary N) is 1. The van der Waals surface area contributed by atoms with Crippen LogP contribution in [0.25, 0.3) is 10.8 Å². The molecule has 3 aromatic carbocycles. The molecule has 3 rings (SSSR count). The van der Waals surface area contributed by atoms with Gasteiger partial charge in [-0.25, -0.2) is 5.43 Å². The molecule has 3 aromatic rings. The maximum Gasteiger partial charge on any atom is 0.275 e. The van der Waals surface area contributed by atoms with Crippen LogP contribution in [-0.2, 0) is 0 Å². The van der Waals surface area contributed by atoms with Gasteiger partial charge < -0.3 is 19.3 Å². The number of ether oxygens (including phenoxy) is 3. The zero-order chi connectivity index (χ0) is 20.1. The summed E-state index contributed by atoms with van der Waals surface area (Å²) in [5.74, 6) is 0.807. The van der Waals surface area contributed by atoms with Gasteiger partial charge in [0.2, 0.25) is 5.75 Å². The van der Waals surface area contributed by atoms with Gasteiger partial charge in [0.05, 0.1) is 33.1 Å². The highest BCUT2D eigenvalue weighted by Crippen LogP contribution is 2.37. The van der Waals surface area contributed by atoms with Crippen molar-refractivity contribution in [3.63, 3.8) is 0 Å². The first-order valence-corrected chi connectivity index (χ1v) is 8.43. The van der Waals surface area contributed by atoms with Gasteiger partial charge in [-0.2, -0.15) is 5.10 Å². The summed E-state index contributed by atoms with van der Waals surface area (Å²) in [5.41, 5.74) is 3.19. The van der Waals surface area contributed by atoms with Crippen LogP contribution in [0.4, 0.5) is 0 Å². The van der Waals surface area contributed by atoms with Gasteiger partial charge in [-0.1, -0.05) is 30.3 Å². The van der Waals surface area contributed by atoms with Gasteiger partial charge in [-0.05, 0) is 23.6 Å². The third-order valence-corrected chi connectivity index (χ3v) is 4.21. The Morgan fingerprint density at radius 1 is 1.00 bits per heavy atom. The fourth-order valence-corrected chi connectivity index (χ4v) is 2.84. The summed E-state index contributed by atoms with van der Waals surface area (Å²) in [6, 6.07) is 14.0. The quantitative estimate of drug-likeness (QED) is 0.506. The number of hydrazone groups is 1. The minimum atomic E-state index is -0.521. The van der Waals surface area contributed by atoms with Crippen LogP contribution in [0.3, 0.4) is 0 Å². The second-order valence-corrected chi connectivity index (χ2v) is 5.84. The van der Waals surface area contributed by atoms with E-state index < -0.39 is 5.91 Å². The lowest BCUT2D eigenvalue weighted by Gasteiger charge is -2.12.